The van der Waals surface area contributed by atoms with E-state index in [1.54, 1.807) is 12.2 Å². The van der Waals surface area contributed by atoms with Crippen molar-refractivity contribution in [3.05, 3.63) is 24.1 Å². The fraction of sp³-hybridized carbons (Fsp3) is 0.333. The number of ether oxygens (including phenoxy) is 1. The SMILES string of the molecule is C/C=C\C=C(/N=N)OC. The number of rotatable bonds is 3. The zero-order valence-corrected chi connectivity index (χ0v) is 5.59. The average molecular weight is 126 g/mol. The lowest BCUT2D eigenvalue weighted by atomic mass is 10.5. The molecule has 0 aromatic carbocycles. The van der Waals surface area contributed by atoms with Crippen LogP contribution in [0.1, 0.15) is 6.92 Å². The third-order valence-electron chi connectivity index (χ3n) is 0.751. The molecule has 0 aliphatic carbocycles. The Morgan fingerprint density at radius 1 is 1.67 bits per heavy atom. The molecule has 0 radical (unpaired) electrons. The Hall–Kier alpha value is -1.12. The summed E-state index contributed by atoms with van der Waals surface area (Å²) in [5.74, 6) is 0.313. The van der Waals surface area contributed by atoms with Crippen LogP contribution in [-0.2, 0) is 4.74 Å². The third kappa shape index (κ3) is 3.46. The van der Waals surface area contributed by atoms with Crippen LogP contribution in [-0.4, -0.2) is 7.11 Å². The van der Waals surface area contributed by atoms with Crippen molar-refractivity contribution in [2.24, 2.45) is 5.11 Å². The van der Waals surface area contributed by atoms with Gasteiger partial charge < -0.3 is 4.74 Å². The molecule has 0 aromatic heterocycles. The molecule has 0 amide bonds. The highest BCUT2D eigenvalue weighted by molar-refractivity contribution is 5.04. The molecule has 0 atom stereocenters. The second-order valence-electron chi connectivity index (χ2n) is 1.35. The molecule has 0 saturated carbocycles. The molecule has 0 bridgehead atoms. The molecule has 0 heterocycles. The van der Waals surface area contributed by atoms with Gasteiger partial charge in [0.1, 0.15) is 0 Å². The molecule has 9 heavy (non-hydrogen) atoms. The van der Waals surface area contributed by atoms with Gasteiger partial charge in [0.15, 0.2) is 0 Å². The first-order valence-corrected chi connectivity index (χ1v) is 2.59. The summed E-state index contributed by atoms with van der Waals surface area (Å²) in [5.41, 5.74) is 6.54. The van der Waals surface area contributed by atoms with Crippen LogP contribution in [0.3, 0.4) is 0 Å². The molecule has 3 nitrogen and oxygen atoms in total. The molecule has 0 unspecified atom stereocenters. The van der Waals surface area contributed by atoms with Crippen molar-refractivity contribution < 1.29 is 4.74 Å². The van der Waals surface area contributed by atoms with E-state index in [-0.39, 0.29) is 0 Å². The molecule has 50 valence electrons. The standard InChI is InChI=1S/C6H10N2O/c1-3-4-5-6(8-7)9-2/h3-5,7H,1-2H3/b4-3-,6-5+,8-7?. The van der Waals surface area contributed by atoms with Crippen molar-refractivity contribution in [2.45, 2.75) is 6.92 Å². The summed E-state index contributed by atoms with van der Waals surface area (Å²) in [7, 11) is 1.48. The highest BCUT2D eigenvalue weighted by Gasteiger charge is 1.83. The average Bonchev–Trinajstić information content (AvgIpc) is 1.91. The van der Waals surface area contributed by atoms with Crippen LogP contribution in [0.5, 0.6) is 0 Å². The minimum Gasteiger partial charge on any atom is -0.480 e. The molecular weight excluding hydrogens is 116 g/mol. The van der Waals surface area contributed by atoms with Gasteiger partial charge in [0, 0.05) is 6.08 Å². The number of nitrogens with zero attached hydrogens (tertiary/aromatic N) is 1. The number of hydrogen-bond acceptors (Lipinski definition) is 3. The normalized spacial score (nSPS) is 12.0. The van der Waals surface area contributed by atoms with E-state index in [4.69, 9.17) is 5.53 Å². The maximum absolute atomic E-state index is 6.54. The summed E-state index contributed by atoms with van der Waals surface area (Å²) < 4.78 is 4.66. The number of allylic oxidation sites excluding steroid dienone is 3. The molecular formula is C6H10N2O. The third-order valence-corrected chi connectivity index (χ3v) is 0.751. The van der Waals surface area contributed by atoms with Crippen LogP contribution in [0.15, 0.2) is 29.2 Å². The van der Waals surface area contributed by atoms with Gasteiger partial charge in [-0.15, -0.1) is 5.11 Å². The van der Waals surface area contributed by atoms with Gasteiger partial charge in [-0.25, -0.2) is 5.53 Å². The Bertz CT molecular complexity index is 138. The van der Waals surface area contributed by atoms with Crippen LogP contribution < -0.4 is 0 Å². The van der Waals surface area contributed by atoms with E-state index in [1.807, 2.05) is 13.0 Å². The van der Waals surface area contributed by atoms with Gasteiger partial charge in [-0.3, -0.25) is 0 Å². The van der Waals surface area contributed by atoms with Gasteiger partial charge in [0.25, 0.3) is 0 Å². The highest BCUT2D eigenvalue weighted by atomic mass is 16.5. The minimum atomic E-state index is 0.313. The molecule has 0 aromatic rings. The van der Waals surface area contributed by atoms with Crippen LogP contribution in [0, 0.1) is 5.53 Å². The predicted octanol–water partition coefficient (Wildman–Crippen LogP) is 2.08. The van der Waals surface area contributed by atoms with Crippen LogP contribution in [0.4, 0.5) is 0 Å². The van der Waals surface area contributed by atoms with Gasteiger partial charge in [0.2, 0.25) is 5.88 Å². The number of hydrogen-bond donors (Lipinski definition) is 1. The maximum Gasteiger partial charge on any atom is 0.232 e. The van der Waals surface area contributed by atoms with Crippen molar-refractivity contribution in [3.63, 3.8) is 0 Å². The number of nitrogens with one attached hydrogen (secondary N) is 1. The zero-order chi connectivity index (χ0) is 7.11. The van der Waals surface area contributed by atoms with Gasteiger partial charge >= 0.3 is 0 Å². The van der Waals surface area contributed by atoms with E-state index in [0.29, 0.717) is 5.88 Å². The minimum absolute atomic E-state index is 0.313. The Morgan fingerprint density at radius 2 is 2.33 bits per heavy atom. The molecule has 3 heteroatoms. The maximum atomic E-state index is 6.54. The van der Waals surface area contributed by atoms with Crippen LogP contribution >= 0.6 is 0 Å². The summed E-state index contributed by atoms with van der Waals surface area (Å²) in [6.45, 7) is 1.88. The summed E-state index contributed by atoms with van der Waals surface area (Å²) >= 11 is 0. The predicted molar refractivity (Wildman–Crippen MR) is 35.1 cm³/mol. The lowest BCUT2D eigenvalue weighted by Crippen LogP contribution is -1.77. The molecule has 0 saturated heterocycles. The quantitative estimate of drug-likeness (QED) is 0.351. The summed E-state index contributed by atoms with van der Waals surface area (Å²) in [6.07, 6.45) is 5.22. The first-order chi connectivity index (χ1) is 4.35. The van der Waals surface area contributed by atoms with E-state index in [1.165, 1.54) is 7.11 Å². The Balaban J connectivity index is 3.90. The molecule has 0 spiro atoms. The molecule has 0 fully saturated rings. The van der Waals surface area contributed by atoms with Crippen LogP contribution in [0.2, 0.25) is 0 Å². The molecule has 0 aliphatic rings. The van der Waals surface area contributed by atoms with Crippen molar-refractivity contribution >= 4 is 0 Å². The first-order valence-electron chi connectivity index (χ1n) is 2.59. The van der Waals surface area contributed by atoms with Crippen LogP contribution in [0.25, 0.3) is 0 Å². The van der Waals surface area contributed by atoms with Gasteiger partial charge in [-0.2, -0.15) is 0 Å². The first kappa shape index (κ1) is 7.88. The lowest BCUT2D eigenvalue weighted by molar-refractivity contribution is 0.282. The zero-order valence-electron chi connectivity index (χ0n) is 5.59. The smallest absolute Gasteiger partial charge is 0.232 e. The van der Waals surface area contributed by atoms with E-state index in [9.17, 15) is 0 Å². The van der Waals surface area contributed by atoms with Crippen molar-refractivity contribution in [1.29, 1.82) is 5.53 Å². The van der Waals surface area contributed by atoms with Gasteiger partial charge in [0.05, 0.1) is 7.11 Å². The summed E-state index contributed by atoms with van der Waals surface area (Å²) in [6, 6.07) is 0. The summed E-state index contributed by atoms with van der Waals surface area (Å²) in [5, 5.41) is 3.08. The van der Waals surface area contributed by atoms with E-state index >= 15 is 0 Å². The van der Waals surface area contributed by atoms with E-state index < -0.39 is 0 Å². The Kier molecular flexibility index (Phi) is 4.40. The van der Waals surface area contributed by atoms with Gasteiger partial charge in [-0.1, -0.05) is 12.2 Å². The Labute approximate surface area is 54.5 Å². The van der Waals surface area contributed by atoms with Crippen molar-refractivity contribution in [2.75, 3.05) is 7.11 Å². The monoisotopic (exact) mass is 126 g/mol. The molecule has 1 N–H and O–H groups in total. The largest absolute Gasteiger partial charge is 0.480 e. The van der Waals surface area contributed by atoms with E-state index in [0.717, 1.165) is 0 Å². The van der Waals surface area contributed by atoms with Crippen molar-refractivity contribution in [1.82, 2.24) is 0 Å². The second-order valence-corrected chi connectivity index (χ2v) is 1.35. The number of methoxy groups -OCH3 is 1. The lowest BCUT2D eigenvalue weighted by Gasteiger charge is -1.91. The fourth-order valence-corrected chi connectivity index (χ4v) is 0.329. The molecule has 0 rings (SSSR count). The topological polar surface area (TPSA) is 45.4 Å². The van der Waals surface area contributed by atoms with E-state index in [2.05, 4.69) is 9.85 Å². The Morgan fingerprint density at radius 3 is 2.67 bits per heavy atom. The van der Waals surface area contributed by atoms with Crippen molar-refractivity contribution in [3.8, 4) is 0 Å². The highest BCUT2D eigenvalue weighted by Crippen LogP contribution is 1.95. The molecule has 0 aliphatic heterocycles. The van der Waals surface area contributed by atoms with Gasteiger partial charge in [-0.05, 0) is 6.92 Å². The second kappa shape index (κ2) is 5.03. The summed E-state index contributed by atoms with van der Waals surface area (Å²) in [4.78, 5) is 0. The fourth-order valence-electron chi connectivity index (χ4n) is 0.329.